The molecule has 0 unspecified atom stereocenters. The van der Waals surface area contributed by atoms with E-state index in [0.717, 1.165) is 0 Å². The van der Waals surface area contributed by atoms with Crippen LogP contribution in [0.1, 0.15) is 125 Å². The lowest BCUT2D eigenvalue weighted by molar-refractivity contribution is -0.0536. The Balaban J connectivity index is 0. The minimum atomic E-state index is -4.07. The van der Waals surface area contributed by atoms with Crippen LogP contribution in [0.3, 0.4) is 0 Å². The lowest BCUT2D eigenvalue weighted by Gasteiger charge is -2.45. The van der Waals surface area contributed by atoms with Gasteiger partial charge in [-0.05, 0) is 129 Å². The molecule has 0 aliphatic carbocycles. The molecule has 0 aromatic rings. The fraction of sp³-hybridized carbons (Fsp3) is 1.00. The Morgan fingerprint density at radius 1 is 0.500 bits per heavy atom. The highest BCUT2D eigenvalue weighted by atomic mass is 28.5. The Morgan fingerprint density at radius 3 is 1.07 bits per heavy atom. The maximum atomic E-state index is 11.3. The molecule has 0 fully saturated rings. The maximum absolute atomic E-state index is 11.3. The first-order chi connectivity index (χ1) is 19.8. The van der Waals surface area contributed by atoms with Gasteiger partial charge in [-0.15, -0.1) is 0 Å². The van der Waals surface area contributed by atoms with Crippen LogP contribution in [0.2, 0.25) is 6.04 Å². The average Bonchev–Trinajstić information content (AvgIpc) is 2.67. The van der Waals surface area contributed by atoms with Crippen molar-refractivity contribution in [2.45, 2.75) is 180 Å². The molecule has 3 N–H and O–H groups in total. The fourth-order valence-electron chi connectivity index (χ4n) is 3.63. The highest BCUT2D eigenvalue weighted by molar-refractivity contribution is 6.75. The van der Waals surface area contributed by atoms with Crippen LogP contribution in [0.4, 0.5) is 0 Å². The zero-order valence-corrected chi connectivity index (χ0v) is 35.2. The summed E-state index contributed by atoms with van der Waals surface area (Å²) in [6, 6.07) is 0.468. The zero-order valence-electron chi connectivity index (χ0n) is 31.0. The predicted molar refractivity (Wildman–Crippen MR) is 180 cm³/mol. The zero-order chi connectivity index (χ0) is 35.1. The van der Waals surface area contributed by atoms with Crippen molar-refractivity contribution in [3.05, 3.63) is 0 Å². The molecule has 0 rings (SSSR count). The minimum absolute atomic E-state index is 0.0448. The van der Waals surface area contributed by atoms with E-state index < -0.39 is 42.0 Å². The van der Waals surface area contributed by atoms with Crippen molar-refractivity contribution in [3.8, 4) is 0 Å². The molecule has 0 aliphatic rings. The van der Waals surface area contributed by atoms with Crippen molar-refractivity contribution in [3.63, 3.8) is 0 Å². The molecule has 0 spiro atoms. The summed E-state index contributed by atoms with van der Waals surface area (Å²) in [6.07, 6.45) is -1.08. The van der Waals surface area contributed by atoms with Crippen LogP contribution < -0.4 is 0 Å². The van der Waals surface area contributed by atoms with Crippen LogP contribution in [-0.2, 0) is 41.7 Å². The second kappa shape index (κ2) is 22.4. The van der Waals surface area contributed by atoms with Crippen LogP contribution >= 0.6 is 0 Å². The Hall–Kier alpha value is 0.703. The van der Waals surface area contributed by atoms with Gasteiger partial charge in [-0.3, -0.25) is 0 Å². The van der Waals surface area contributed by atoms with Crippen LogP contribution in [0.25, 0.3) is 0 Å². The van der Waals surface area contributed by atoms with E-state index in [4.69, 9.17) is 46.5 Å². The Labute approximate surface area is 278 Å². The molecule has 0 amide bonds. The first kappa shape index (κ1) is 46.8. The maximum Gasteiger partial charge on any atom is 0.909 e. The average molecular weight is 708 g/mol. The van der Waals surface area contributed by atoms with Crippen molar-refractivity contribution in [1.29, 1.82) is 0 Å². The van der Waals surface area contributed by atoms with Gasteiger partial charge in [0, 0.05) is 24.4 Å². The Morgan fingerprint density at radius 2 is 0.818 bits per heavy atom. The summed E-state index contributed by atoms with van der Waals surface area (Å²) in [5.41, 5.74) is 0. The molecule has 0 bridgehead atoms. The molecule has 1 radical (unpaired) electrons. The first-order valence-electron chi connectivity index (χ1n) is 16.1. The van der Waals surface area contributed by atoms with Gasteiger partial charge in [0.25, 0.3) is 0 Å². The summed E-state index contributed by atoms with van der Waals surface area (Å²) in [5, 5.41) is 0. The first-order valence-corrected chi connectivity index (χ1v) is 22.8. The van der Waals surface area contributed by atoms with Crippen molar-refractivity contribution < 1.29 is 51.3 Å². The molecule has 1 atom stereocenters. The molecule has 16 heteroatoms. The smallest absolute Gasteiger partial charge is 0.638 e. The van der Waals surface area contributed by atoms with Crippen LogP contribution in [0.15, 0.2) is 0 Å². The highest BCUT2D eigenvalue weighted by Gasteiger charge is 2.57. The normalized spacial score (nSPS) is 14.9. The molecule has 12 nitrogen and oxygen atoms in total. The highest BCUT2D eigenvalue weighted by Crippen LogP contribution is 2.29. The third-order valence-electron chi connectivity index (χ3n) is 4.34. The fourth-order valence-corrected chi connectivity index (χ4v) is 15.0. The van der Waals surface area contributed by atoms with Crippen molar-refractivity contribution in [2.75, 3.05) is 0 Å². The number of rotatable bonds is 22. The van der Waals surface area contributed by atoms with E-state index in [-0.39, 0.29) is 54.7 Å². The summed E-state index contributed by atoms with van der Waals surface area (Å²) < 4.78 is 58.8. The Bertz CT molecular complexity index is 671. The summed E-state index contributed by atoms with van der Waals surface area (Å²) in [7, 11) is -10.8. The summed E-state index contributed by atoms with van der Waals surface area (Å²) in [5.74, 6) is 0.180. The van der Waals surface area contributed by atoms with Gasteiger partial charge in [0.05, 0.1) is 18.3 Å². The standard InChI is InChI=1S/C13H31O6Si2.C9H22O4Si.2C3H7O.Al/c1-10(2)9-20(14,16-11(3)4)19-21(15,17-12(5)6)18-13(7)8;1-7(2)11-14(10,12-8(3)4)13-9(5)6;2*1-3(2)4;/h10-13,15H,9H2,1-8H3;7-10H,1-6H3;2*3H,1-2H3;/q-1;;2*-1;+2/p+1/t20-;;;;/m0..../s1. The quantitative estimate of drug-likeness (QED) is 0.112. The van der Waals surface area contributed by atoms with Gasteiger partial charge in [-0.25, -0.2) is 0 Å². The van der Waals surface area contributed by atoms with E-state index in [2.05, 4.69) is 13.8 Å². The molecule has 0 aromatic heterocycles. The summed E-state index contributed by atoms with van der Waals surface area (Å²) in [4.78, 5) is 19.3. The van der Waals surface area contributed by atoms with Crippen molar-refractivity contribution in [1.82, 2.24) is 0 Å². The summed E-state index contributed by atoms with van der Waals surface area (Å²) >= 11 is -2.64. The van der Waals surface area contributed by atoms with Gasteiger partial charge in [0.15, 0.2) is 0 Å². The van der Waals surface area contributed by atoms with Gasteiger partial charge < -0.3 is 51.3 Å². The SMILES string of the molecule is CC(C)C[Si@@](OC(C)C)([O][Al-]([O]C(C)C)[O]C(C)C)O[Si](O)(OC(C)C)OC(C)C.CC(C)O[Si]([OH2+])(OC(C)C)OC(C)C. The van der Waals surface area contributed by atoms with E-state index in [0.29, 0.717) is 6.04 Å². The van der Waals surface area contributed by atoms with Gasteiger partial charge >= 0.3 is 42.0 Å². The monoisotopic (exact) mass is 707 g/mol. The van der Waals surface area contributed by atoms with E-state index in [1.165, 1.54) is 0 Å². The lowest BCUT2D eigenvalue weighted by atomic mass is 10.3. The molecule has 44 heavy (non-hydrogen) atoms. The van der Waals surface area contributed by atoms with Crippen molar-refractivity contribution in [2.24, 2.45) is 5.92 Å². The second-order valence-corrected chi connectivity index (χ2v) is 21.5. The molecular formula is C28H68AlO12Si3. The molecule has 0 heterocycles. The van der Waals surface area contributed by atoms with Crippen LogP contribution in [-0.4, -0.2) is 100 Å². The van der Waals surface area contributed by atoms with Gasteiger partial charge in [0.2, 0.25) is 0 Å². The molecule has 0 aliphatic heterocycles. The van der Waals surface area contributed by atoms with Crippen LogP contribution in [0, 0.1) is 5.92 Å². The van der Waals surface area contributed by atoms with E-state index in [1.807, 2.05) is 111 Å². The Kier molecular flexibility index (Phi) is 23.8. The molecular weight excluding hydrogens is 640 g/mol. The van der Waals surface area contributed by atoms with E-state index >= 15 is 0 Å². The molecule has 0 aromatic carbocycles. The molecule has 0 saturated heterocycles. The van der Waals surface area contributed by atoms with Gasteiger partial charge in [0.1, 0.15) is 0 Å². The third-order valence-corrected chi connectivity index (χ3v) is 16.4. The third kappa shape index (κ3) is 24.8. The molecule has 0 saturated carbocycles. The predicted octanol–water partition coefficient (Wildman–Crippen LogP) is 5.57. The lowest BCUT2D eigenvalue weighted by Crippen LogP contribution is -2.63. The topological polar surface area (TPSA) is 135 Å². The van der Waals surface area contributed by atoms with E-state index in [1.54, 1.807) is 0 Å². The van der Waals surface area contributed by atoms with E-state index in [9.17, 15) is 4.80 Å². The van der Waals surface area contributed by atoms with Crippen LogP contribution in [0.5, 0.6) is 0 Å². The molecule has 267 valence electrons. The second-order valence-electron chi connectivity index (χ2n) is 13.2. The van der Waals surface area contributed by atoms with Crippen molar-refractivity contribution >= 4 is 42.0 Å². The van der Waals surface area contributed by atoms with Gasteiger partial charge in [-0.2, -0.15) is 0 Å². The summed E-state index contributed by atoms with van der Waals surface area (Å²) in [6.45, 7) is 34.2. The van der Waals surface area contributed by atoms with Gasteiger partial charge in [-0.1, -0.05) is 13.8 Å². The minimum Gasteiger partial charge on any atom is -0.638 e. The largest absolute Gasteiger partial charge is 0.909 e. The number of hydrogen-bond acceptors (Lipinski definition) is 11. The number of hydrogen-bond donors (Lipinski definition) is 1.